The lowest BCUT2D eigenvalue weighted by atomic mass is 10.0. The number of benzene rings is 1. The summed E-state index contributed by atoms with van der Waals surface area (Å²) in [5, 5.41) is 8.10. The molecule has 21 heavy (non-hydrogen) atoms. The number of rotatable bonds is 7. The number of hydrazine groups is 1. The molecule has 2 rings (SSSR count). The van der Waals surface area contributed by atoms with Crippen molar-refractivity contribution in [3.8, 4) is 5.75 Å². The van der Waals surface area contributed by atoms with Gasteiger partial charge in [-0.2, -0.15) is 0 Å². The van der Waals surface area contributed by atoms with Gasteiger partial charge in [-0.1, -0.05) is 24.3 Å². The smallest absolute Gasteiger partial charge is 0.120 e. The Morgan fingerprint density at radius 2 is 2.19 bits per heavy atom. The summed E-state index contributed by atoms with van der Waals surface area (Å²) in [6.45, 7) is 6.93. The minimum atomic E-state index is -0.165. The van der Waals surface area contributed by atoms with E-state index in [1.165, 1.54) is 0 Å². The van der Waals surface area contributed by atoms with Crippen LogP contribution in [0.25, 0.3) is 0 Å². The molecule has 2 aromatic rings. The largest absolute Gasteiger partial charge is 0.491 e. The van der Waals surface area contributed by atoms with Crippen LogP contribution in [0.3, 0.4) is 0 Å². The van der Waals surface area contributed by atoms with E-state index in [0.717, 1.165) is 30.0 Å². The first-order valence-corrected chi connectivity index (χ1v) is 7.26. The standard InChI is InChI=1S/C15H23N5O/c1-4-8-20-14(10-17-19-20)15(18-16)12-6-5-7-13(9-12)21-11(2)3/h5-7,9-11,15,18H,4,8,16H2,1-3H3. The molecule has 6 nitrogen and oxygen atoms in total. The van der Waals surface area contributed by atoms with Gasteiger partial charge in [0.05, 0.1) is 24.0 Å². The maximum absolute atomic E-state index is 5.75. The number of hydrogen-bond acceptors (Lipinski definition) is 5. The highest BCUT2D eigenvalue weighted by Crippen LogP contribution is 2.24. The van der Waals surface area contributed by atoms with E-state index in [9.17, 15) is 0 Å². The van der Waals surface area contributed by atoms with Crippen molar-refractivity contribution in [1.82, 2.24) is 20.4 Å². The molecule has 1 aromatic carbocycles. The molecule has 0 aliphatic rings. The Hall–Kier alpha value is -1.92. The predicted molar refractivity (Wildman–Crippen MR) is 81.7 cm³/mol. The summed E-state index contributed by atoms with van der Waals surface area (Å²) >= 11 is 0. The minimum absolute atomic E-state index is 0.136. The van der Waals surface area contributed by atoms with E-state index < -0.39 is 0 Å². The zero-order chi connectivity index (χ0) is 15.2. The van der Waals surface area contributed by atoms with Gasteiger partial charge in [0, 0.05) is 6.54 Å². The molecule has 114 valence electrons. The first-order chi connectivity index (χ1) is 10.2. The van der Waals surface area contributed by atoms with Crippen LogP contribution in [0.15, 0.2) is 30.5 Å². The Morgan fingerprint density at radius 1 is 1.38 bits per heavy atom. The lowest BCUT2D eigenvalue weighted by Crippen LogP contribution is -2.30. The third-order valence-electron chi connectivity index (χ3n) is 3.11. The van der Waals surface area contributed by atoms with Crippen molar-refractivity contribution in [3.05, 3.63) is 41.7 Å². The van der Waals surface area contributed by atoms with E-state index in [1.807, 2.05) is 42.8 Å². The Labute approximate surface area is 125 Å². The van der Waals surface area contributed by atoms with E-state index in [4.69, 9.17) is 10.6 Å². The number of ether oxygens (including phenoxy) is 1. The molecule has 0 aliphatic carbocycles. The highest BCUT2D eigenvalue weighted by Gasteiger charge is 2.18. The summed E-state index contributed by atoms with van der Waals surface area (Å²) in [6.07, 6.45) is 2.87. The number of aromatic nitrogens is 3. The van der Waals surface area contributed by atoms with Crippen LogP contribution in [-0.4, -0.2) is 21.1 Å². The topological polar surface area (TPSA) is 78.0 Å². The van der Waals surface area contributed by atoms with E-state index in [-0.39, 0.29) is 12.1 Å². The van der Waals surface area contributed by atoms with Gasteiger partial charge in [-0.05, 0) is 38.0 Å². The van der Waals surface area contributed by atoms with Crippen molar-refractivity contribution in [2.75, 3.05) is 0 Å². The Morgan fingerprint density at radius 3 is 2.86 bits per heavy atom. The number of aryl methyl sites for hydroxylation is 1. The average Bonchev–Trinajstić information content (AvgIpc) is 2.88. The first-order valence-electron chi connectivity index (χ1n) is 7.26. The minimum Gasteiger partial charge on any atom is -0.491 e. The first kappa shape index (κ1) is 15.5. The van der Waals surface area contributed by atoms with Crippen LogP contribution in [0.1, 0.15) is 44.5 Å². The zero-order valence-corrected chi connectivity index (χ0v) is 12.8. The van der Waals surface area contributed by atoms with Gasteiger partial charge in [0.1, 0.15) is 5.75 Å². The molecule has 0 saturated heterocycles. The molecule has 1 unspecified atom stereocenters. The van der Waals surface area contributed by atoms with Gasteiger partial charge in [-0.3, -0.25) is 5.84 Å². The van der Waals surface area contributed by atoms with Crippen LogP contribution >= 0.6 is 0 Å². The van der Waals surface area contributed by atoms with E-state index in [0.29, 0.717) is 0 Å². The third kappa shape index (κ3) is 3.80. The molecule has 1 aromatic heterocycles. The fourth-order valence-corrected chi connectivity index (χ4v) is 2.27. The molecule has 0 bridgehead atoms. The summed E-state index contributed by atoms with van der Waals surface area (Å²) in [7, 11) is 0. The number of hydrogen-bond donors (Lipinski definition) is 2. The zero-order valence-electron chi connectivity index (χ0n) is 12.8. The second-order valence-electron chi connectivity index (χ2n) is 5.22. The van der Waals surface area contributed by atoms with Crippen molar-refractivity contribution in [2.24, 2.45) is 5.84 Å². The Balaban J connectivity index is 2.30. The average molecular weight is 289 g/mol. The van der Waals surface area contributed by atoms with E-state index >= 15 is 0 Å². The molecular formula is C15H23N5O. The lowest BCUT2D eigenvalue weighted by molar-refractivity contribution is 0.242. The van der Waals surface area contributed by atoms with Gasteiger partial charge in [-0.25, -0.2) is 10.1 Å². The Bertz CT molecular complexity index is 567. The molecule has 1 heterocycles. The van der Waals surface area contributed by atoms with Crippen molar-refractivity contribution in [2.45, 2.75) is 45.9 Å². The molecule has 0 saturated carbocycles. The van der Waals surface area contributed by atoms with Crippen LogP contribution in [0, 0.1) is 0 Å². The summed E-state index contributed by atoms with van der Waals surface area (Å²) in [5.41, 5.74) is 4.81. The molecule has 6 heteroatoms. The molecule has 0 aliphatic heterocycles. The quantitative estimate of drug-likeness (QED) is 0.602. The molecule has 0 fully saturated rings. The van der Waals surface area contributed by atoms with Gasteiger partial charge in [-0.15, -0.1) is 5.10 Å². The van der Waals surface area contributed by atoms with E-state index in [1.54, 1.807) is 6.20 Å². The van der Waals surface area contributed by atoms with Crippen molar-refractivity contribution in [3.63, 3.8) is 0 Å². The lowest BCUT2D eigenvalue weighted by Gasteiger charge is -2.18. The molecule has 3 N–H and O–H groups in total. The van der Waals surface area contributed by atoms with Crippen LogP contribution in [0.5, 0.6) is 5.75 Å². The third-order valence-corrected chi connectivity index (χ3v) is 3.11. The normalized spacial score (nSPS) is 12.6. The predicted octanol–water partition coefficient (Wildman–Crippen LogP) is 2.03. The summed E-state index contributed by atoms with van der Waals surface area (Å²) < 4.78 is 7.61. The fraction of sp³-hybridized carbons (Fsp3) is 0.467. The SMILES string of the molecule is CCCn1nncc1C(NN)c1cccc(OC(C)C)c1. The van der Waals surface area contributed by atoms with Gasteiger partial charge >= 0.3 is 0 Å². The van der Waals surface area contributed by atoms with Crippen LogP contribution in [-0.2, 0) is 6.54 Å². The molecular weight excluding hydrogens is 266 g/mol. The van der Waals surface area contributed by atoms with Crippen molar-refractivity contribution in [1.29, 1.82) is 0 Å². The molecule has 0 amide bonds. The van der Waals surface area contributed by atoms with Gasteiger partial charge in [0.25, 0.3) is 0 Å². The van der Waals surface area contributed by atoms with Crippen LogP contribution in [0.4, 0.5) is 0 Å². The maximum Gasteiger partial charge on any atom is 0.120 e. The summed E-state index contributed by atoms with van der Waals surface area (Å²) in [5.74, 6) is 6.58. The van der Waals surface area contributed by atoms with Gasteiger partial charge in [0.2, 0.25) is 0 Å². The van der Waals surface area contributed by atoms with Gasteiger partial charge < -0.3 is 4.74 Å². The van der Waals surface area contributed by atoms with Gasteiger partial charge in [0.15, 0.2) is 0 Å². The summed E-state index contributed by atoms with van der Waals surface area (Å²) in [4.78, 5) is 0. The Kier molecular flexibility index (Phi) is 5.30. The highest BCUT2D eigenvalue weighted by molar-refractivity contribution is 5.34. The second kappa shape index (κ2) is 7.19. The van der Waals surface area contributed by atoms with E-state index in [2.05, 4.69) is 22.7 Å². The fourth-order valence-electron chi connectivity index (χ4n) is 2.27. The maximum atomic E-state index is 5.75. The number of nitrogens with zero attached hydrogens (tertiary/aromatic N) is 3. The summed E-state index contributed by atoms with van der Waals surface area (Å²) in [6, 6.07) is 7.75. The number of nitrogens with two attached hydrogens (primary N) is 1. The number of nitrogens with one attached hydrogen (secondary N) is 1. The molecule has 1 atom stereocenters. The molecule has 0 radical (unpaired) electrons. The highest BCUT2D eigenvalue weighted by atomic mass is 16.5. The van der Waals surface area contributed by atoms with Crippen molar-refractivity contribution >= 4 is 0 Å². The second-order valence-corrected chi connectivity index (χ2v) is 5.22. The van der Waals surface area contributed by atoms with Crippen molar-refractivity contribution < 1.29 is 4.74 Å². The monoisotopic (exact) mass is 289 g/mol. The van der Waals surface area contributed by atoms with Crippen LogP contribution < -0.4 is 16.0 Å². The molecule has 0 spiro atoms. The van der Waals surface area contributed by atoms with Crippen LogP contribution in [0.2, 0.25) is 0 Å².